The Morgan fingerprint density at radius 2 is 1.83 bits per heavy atom. The highest BCUT2D eigenvalue weighted by Gasteiger charge is 2.27. The number of ether oxygens (including phenoxy) is 2. The molecular weight excluding hydrogens is 401 g/mol. The quantitative estimate of drug-likeness (QED) is 0.765. The fourth-order valence-corrected chi connectivity index (χ4v) is 4.30. The molecule has 0 radical (unpaired) electrons. The Labute approximate surface area is 148 Å². The van der Waals surface area contributed by atoms with E-state index in [4.69, 9.17) is 9.47 Å². The van der Waals surface area contributed by atoms with Gasteiger partial charge in [-0.15, -0.1) is 0 Å². The van der Waals surface area contributed by atoms with E-state index in [1.807, 2.05) is 0 Å². The molecule has 2 aromatic carbocycles. The molecule has 0 saturated heterocycles. The highest BCUT2D eigenvalue weighted by atomic mass is 79.9. The smallest absolute Gasteiger partial charge is 0.264 e. The lowest BCUT2D eigenvalue weighted by Gasteiger charge is -2.25. The minimum Gasteiger partial charge on any atom is -0.486 e. The summed E-state index contributed by atoms with van der Waals surface area (Å²) in [6.07, 6.45) is 0. The van der Waals surface area contributed by atoms with Crippen molar-refractivity contribution in [3.05, 3.63) is 46.7 Å². The minimum atomic E-state index is -3.93. The number of fused-ring (bicyclic) bond motifs is 1. The topological polar surface area (TPSA) is 55.8 Å². The van der Waals surface area contributed by atoms with Gasteiger partial charge in [-0.2, -0.15) is 0 Å². The Balaban J connectivity index is 2.04. The van der Waals surface area contributed by atoms with Crippen LogP contribution in [0.15, 0.2) is 45.8 Å². The van der Waals surface area contributed by atoms with Crippen molar-refractivity contribution in [1.29, 1.82) is 0 Å². The van der Waals surface area contributed by atoms with Crippen LogP contribution in [0, 0.1) is 5.82 Å². The summed E-state index contributed by atoms with van der Waals surface area (Å²) in [5, 5.41) is 0. The van der Waals surface area contributed by atoms with E-state index in [0.717, 1.165) is 4.31 Å². The van der Waals surface area contributed by atoms with Gasteiger partial charge in [-0.25, -0.2) is 12.8 Å². The molecule has 0 fully saturated rings. The third kappa shape index (κ3) is 3.08. The predicted molar refractivity (Wildman–Crippen MR) is 91.7 cm³/mol. The minimum absolute atomic E-state index is 0.00408. The van der Waals surface area contributed by atoms with Crippen LogP contribution in [0.2, 0.25) is 0 Å². The number of hydrogen-bond acceptors (Lipinski definition) is 4. The lowest BCUT2D eigenvalue weighted by Crippen LogP contribution is -2.31. The zero-order chi connectivity index (χ0) is 17.3. The number of nitrogens with zero attached hydrogens (tertiary/aromatic N) is 1. The molecule has 1 aliphatic rings. The molecule has 128 valence electrons. The lowest BCUT2D eigenvalue weighted by atomic mass is 10.3. The normalized spacial score (nSPS) is 13.6. The van der Waals surface area contributed by atoms with Gasteiger partial charge in [0.05, 0.1) is 10.6 Å². The van der Waals surface area contributed by atoms with Gasteiger partial charge in [-0.3, -0.25) is 4.31 Å². The first-order valence-electron chi connectivity index (χ1n) is 7.31. The predicted octanol–water partition coefficient (Wildman–Crippen LogP) is 3.57. The van der Waals surface area contributed by atoms with Gasteiger partial charge in [0.2, 0.25) is 0 Å². The first kappa shape index (κ1) is 17.0. The number of hydrogen-bond donors (Lipinski definition) is 0. The van der Waals surface area contributed by atoms with Crippen molar-refractivity contribution in [1.82, 2.24) is 0 Å². The highest BCUT2D eigenvalue weighted by molar-refractivity contribution is 9.10. The second-order valence-corrected chi connectivity index (χ2v) is 7.85. The molecule has 0 bridgehead atoms. The second-order valence-electron chi connectivity index (χ2n) is 5.07. The largest absolute Gasteiger partial charge is 0.486 e. The van der Waals surface area contributed by atoms with Gasteiger partial charge >= 0.3 is 0 Å². The Morgan fingerprint density at radius 1 is 1.12 bits per heavy atom. The van der Waals surface area contributed by atoms with Crippen molar-refractivity contribution >= 4 is 31.6 Å². The highest BCUT2D eigenvalue weighted by Crippen LogP contribution is 2.35. The van der Waals surface area contributed by atoms with Crippen LogP contribution in [0.3, 0.4) is 0 Å². The Bertz CT molecular complexity index is 872. The van der Waals surface area contributed by atoms with Crippen LogP contribution in [0.1, 0.15) is 6.92 Å². The Morgan fingerprint density at radius 3 is 2.50 bits per heavy atom. The van der Waals surface area contributed by atoms with E-state index in [1.54, 1.807) is 19.1 Å². The average Bonchev–Trinajstić information content (AvgIpc) is 2.57. The number of benzene rings is 2. The van der Waals surface area contributed by atoms with Crippen molar-refractivity contribution in [3.8, 4) is 11.5 Å². The third-order valence-electron chi connectivity index (χ3n) is 3.57. The maximum atomic E-state index is 14.2. The van der Waals surface area contributed by atoms with Crippen LogP contribution in [0.25, 0.3) is 0 Å². The molecule has 0 saturated carbocycles. The van der Waals surface area contributed by atoms with E-state index in [0.29, 0.717) is 29.2 Å². The van der Waals surface area contributed by atoms with Gasteiger partial charge in [0, 0.05) is 17.1 Å². The van der Waals surface area contributed by atoms with E-state index in [2.05, 4.69) is 15.9 Å². The summed E-state index contributed by atoms with van der Waals surface area (Å²) in [5.41, 5.74) is -0.00408. The number of rotatable bonds is 4. The number of sulfonamides is 1. The van der Waals surface area contributed by atoms with Crippen LogP contribution in [0.4, 0.5) is 10.1 Å². The summed E-state index contributed by atoms with van der Waals surface area (Å²) in [7, 11) is -3.93. The fraction of sp³-hybridized carbons (Fsp3) is 0.250. The van der Waals surface area contributed by atoms with Gasteiger partial charge in [0.1, 0.15) is 19.0 Å². The van der Waals surface area contributed by atoms with Crippen LogP contribution < -0.4 is 13.8 Å². The molecule has 2 aromatic rings. The number of halogens is 2. The van der Waals surface area contributed by atoms with Crippen molar-refractivity contribution in [2.75, 3.05) is 24.1 Å². The van der Waals surface area contributed by atoms with E-state index in [-0.39, 0.29) is 17.1 Å². The maximum Gasteiger partial charge on any atom is 0.264 e. The second kappa shape index (κ2) is 6.60. The van der Waals surface area contributed by atoms with Crippen LogP contribution >= 0.6 is 15.9 Å². The molecule has 0 aliphatic carbocycles. The zero-order valence-corrected chi connectivity index (χ0v) is 15.2. The molecule has 8 heteroatoms. The van der Waals surface area contributed by atoms with Crippen molar-refractivity contribution in [2.45, 2.75) is 11.8 Å². The first-order chi connectivity index (χ1) is 11.4. The van der Waals surface area contributed by atoms with E-state index < -0.39 is 15.8 Å². The van der Waals surface area contributed by atoms with Crippen molar-refractivity contribution in [2.24, 2.45) is 0 Å². The molecule has 3 rings (SSSR count). The summed E-state index contributed by atoms with van der Waals surface area (Å²) >= 11 is 3.17. The summed E-state index contributed by atoms with van der Waals surface area (Å²) in [4.78, 5) is 0.0240. The molecule has 0 unspecified atom stereocenters. The molecule has 0 N–H and O–H groups in total. The molecule has 0 amide bonds. The number of anilines is 1. The Hall–Kier alpha value is -1.80. The van der Waals surface area contributed by atoms with Crippen molar-refractivity contribution < 1.29 is 22.3 Å². The van der Waals surface area contributed by atoms with Gasteiger partial charge < -0.3 is 9.47 Å². The van der Waals surface area contributed by atoms with E-state index >= 15 is 0 Å². The molecule has 1 heterocycles. The zero-order valence-electron chi connectivity index (χ0n) is 12.8. The lowest BCUT2D eigenvalue weighted by molar-refractivity contribution is 0.171. The van der Waals surface area contributed by atoms with Crippen LogP contribution in [0.5, 0.6) is 11.5 Å². The van der Waals surface area contributed by atoms with Gasteiger partial charge in [0.25, 0.3) is 10.0 Å². The van der Waals surface area contributed by atoms with Crippen LogP contribution in [-0.4, -0.2) is 28.2 Å². The van der Waals surface area contributed by atoms with Crippen molar-refractivity contribution in [3.63, 3.8) is 0 Å². The van der Waals surface area contributed by atoms with Gasteiger partial charge in [-0.05, 0) is 37.3 Å². The molecule has 24 heavy (non-hydrogen) atoms. The van der Waals surface area contributed by atoms with E-state index in [1.165, 1.54) is 24.3 Å². The SMILES string of the molecule is CCN(c1ccc(Br)cc1F)S(=O)(=O)c1ccc2c(c1)OCCO2. The standard InChI is InChI=1S/C16H15BrFNO4S/c1-2-19(14-5-3-11(17)9-13(14)18)24(20,21)12-4-6-15-16(10-12)23-8-7-22-15/h3-6,9-10H,2,7-8H2,1H3. The van der Waals surface area contributed by atoms with Gasteiger partial charge in [-0.1, -0.05) is 15.9 Å². The fourth-order valence-electron chi connectivity index (χ4n) is 2.46. The molecule has 0 aromatic heterocycles. The summed E-state index contributed by atoms with van der Waals surface area (Å²) in [5.74, 6) is 0.250. The molecule has 0 atom stereocenters. The monoisotopic (exact) mass is 415 g/mol. The maximum absolute atomic E-state index is 14.2. The third-order valence-corrected chi connectivity index (χ3v) is 5.95. The summed E-state index contributed by atoms with van der Waals surface area (Å²) in [6, 6.07) is 8.65. The first-order valence-corrected chi connectivity index (χ1v) is 9.54. The Kier molecular flexibility index (Phi) is 4.69. The molecule has 0 spiro atoms. The summed E-state index contributed by atoms with van der Waals surface area (Å²) in [6.45, 7) is 2.52. The van der Waals surface area contributed by atoms with Gasteiger partial charge in [0.15, 0.2) is 11.5 Å². The van der Waals surface area contributed by atoms with Crippen LogP contribution in [-0.2, 0) is 10.0 Å². The van der Waals surface area contributed by atoms with E-state index in [9.17, 15) is 12.8 Å². The molecule has 1 aliphatic heterocycles. The average molecular weight is 416 g/mol. The molecule has 5 nitrogen and oxygen atoms in total. The summed E-state index contributed by atoms with van der Waals surface area (Å²) < 4.78 is 52.5. The molecular formula is C16H15BrFNO4S.